The summed E-state index contributed by atoms with van der Waals surface area (Å²) in [5.41, 5.74) is 12.4. The summed E-state index contributed by atoms with van der Waals surface area (Å²) in [5, 5.41) is 4.86. The van der Waals surface area contributed by atoms with Gasteiger partial charge in [-0.2, -0.15) is 0 Å². The monoisotopic (exact) mass is 734 g/mol. The van der Waals surface area contributed by atoms with E-state index in [9.17, 15) is 19.2 Å². The number of alkyl halides is 1. The number of benzene rings is 3. The number of hydrogen-bond donors (Lipinski definition) is 4. The van der Waals surface area contributed by atoms with E-state index in [-0.39, 0.29) is 17.1 Å². The molecule has 3 aromatic carbocycles. The number of ether oxygens (including phenoxy) is 2. The summed E-state index contributed by atoms with van der Waals surface area (Å²) in [5.74, 6) is -1.86. The van der Waals surface area contributed by atoms with E-state index in [4.69, 9.17) is 32.5 Å². The number of amides is 3. The highest BCUT2D eigenvalue weighted by molar-refractivity contribution is 8.00. The van der Waals surface area contributed by atoms with Gasteiger partial charge in [-0.15, -0.1) is 23.4 Å². The first-order valence-corrected chi connectivity index (χ1v) is 18.0. The lowest BCUT2D eigenvalue weighted by atomic mass is 9.96. The maximum atomic E-state index is 14.1. The highest BCUT2D eigenvalue weighted by Gasteiger charge is 2.56. The molecule has 3 heterocycles. The Morgan fingerprint density at radius 2 is 1.68 bits per heavy atom. The minimum Gasteiger partial charge on any atom is -0.448 e. The van der Waals surface area contributed by atoms with Crippen molar-refractivity contribution in [1.29, 1.82) is 0 Å². The zero-order chi connectivity index (χ0) is 35.8. The van der Waals surface area contributed by atoms with Crippen LogP contribution in [0.1, 0.15) is 43.6 Å². The normalized spacial score (nSPS) is 18.6. The molecule has 2 unspecified atom stereocenters. The van der Waals surface area contributed by atoms with Gasteiger partial charge >= 0.3 is 12.1 Å². The Morgan fingerprint density at radius 1 is 1.04 bits per heavy atom. The Labute approximate surface area is 301 Å². The molecule has 15 heteroatoms. The highest BCUT2D eigenvalue weighted by atomic mass is 35.5. The number of β-lactam (4-membered cyclic amide) rings is 1. The molecule has 3 amide bonds. The fraction of sp³-hybridized carbons (Fsp3) is 0.286. The van der Waals surface area contributed by atoms with Crippen molar-refractivity contribution in [3.05, 3.63) is 107 Å². The molecular weight excluding hydrogens is 700 g/mol. The number of aromatic nitrogens is 1. The number of nitrogens with one attached hydrogen (secondary N) is 2. The molecule has 6 N–H and O–H groups in total. The summed E-state index contributed by atoms with van der Waals surface area (Å²) >= 11 is 8.81. The molecule has 6 rings (SSSR count). The van der Waals surface area contributed by atoms with Crippen molar-refractivity contribution in [3.63, 3.8) is 0 Å². The van der Waals surface area contributed by atoms with Crippen LogP contribution in [0.2, 0.25) is 0 Å². The van der Waals surface area contributed by atoms with Crippen molar-refractivity contribution in [3.8, 4) is 0 Å². The van der Waals surface area contributed by atoms with Crippen molar-refractivity contribution in [1.82, 2.24) is 20.5 Å². The van der Waals surface area contributed by atoms with E-state index in [1.165, 1.54) is 28.0 Å². The molecular formula is C35H35ClN6O6S2. The zero-order valence-corrected chi connectivity index (χ0v) is 29.7. The number of anilines is 1. The van der Waals surface area contributed by atoms with Crippen LogP contribution in [-0.2, 0) is 29.5 Å². The van der Waals surface area contributed by atoms with E-state index in [0.29, 0.717) is 26.7 Å². The molecule has 0 saturated carbocycles. The van der Waals surface area contributed by atoms with Gasteiger partial charge in [-0.25, -0.2) is 14.6 Å². The third-order valence-electron chi connectivity index (χ3n) is 8.03. The topological polar surface area (TPSA) is 179 Å². The van der Waals surface area contributed by atoms with Crippen LogP contribution in [0.3, 0.4) is 0 Å². The number of thioether (sulfide) groups is 1. The second-order valence-electron chi connectivity index (χ2n) is 12.7. The van der Waals surface area contributed by atoms with Crippen LogP contribution in [0.25, 0.3) is 10.2 Å². The number of nitrogen functional groups attached to an aromatic ring is 1. The average molecular weight is 735 g/mol. The minimum atomic E-state index is -2.17. The second kappa shape index (κ2) is 13.9. The van der Waals surface area contributed by atoms with E-state index in [0.717, 1.165) is 11.1 Å². The molecule has 0 radical (unpaired) electrons. The predicted octanol–water partition coefficient (Wildman–Crippen LogP) is 4.74. The Kier molecular flexibility index (Phi) is 9.82. The number of alkyl carbamates (subject to hydrolysis) is 1. The fourth-order valence-corrected chi connectivity index (χ4v) is 8.14. The quantitative estimate of drug-likeness (QED) is 0.0813. The number of esters is 1. The Bertz CT molecular complexity index is 1950. The van der Waals surface area contributed by atoms with Gasteiger partial charge in [0.1, 0.15) is 22.7 Å². The maximum absolute atomic E-state index is 14.1. The summed E-state index contributed by atoms with van der Waals surface area (Å²) in [4.78, 5) is 60.4. The molecule has 50 heavy (non-hydrogen) atoms. The summed E-state index contributed by atoms with van der Waals surface area (Å²) < 4.78 is 12.2. The first-order chi connectivity index (χ1) is 23.8. The lowest BCUT2D eigenvalue weighted by Crippen LogP contribution is -2.74. The molecule has 260 valence electrons. The second-order valence-corrected chi connectivity index (χ2v) is 15.2. The number of carbonyl (C=O) groups excluding carboxylic acids is 4. The molecule has 1 saturated heterocycles. The third-order valence-corrected chi connectivity index (χ3v) is 10.5. The van der Waals surface area contributed by atoms with Crippen LogP contribution in [-0.4, -0.2) is 62.4 Å². The van der Waals surface area contributed by atoms with Crippen molar-refractivity contribution in [2.45, 2.75) is 49.6 Å². The van der Waals surface area contributed by atoms with E-state index in [1.807, 2.05) is 60.7 Å². The Hall–Kier alpha value is -4.63. The zero-order valence-electron chi connectivity index (χ0n) is 27.3. The van der Waals surface area contributed by atoms with Crippen molar-refractivity contribution < 1.29 is 28.7 Å². The van der Waals surface area contributed by atoms with E-state index < -0.39 is 52.7 Å². The number of carbonyl (C=O) groups is 4. The van der Waals surface area contributed by atoms with Gasteiger partial charge < -0.3 is 20.5 Å². The summed E-state index contributed by atoms with van der Waals surface area (Å²) in [6, 6.07) is 22.2. The summed E-state index contributed by atoms with van der Waals surface area (Å²) in [7, 11) is 0. The average Bonchev–Trinajstić information content (AvgIpc) is 3.47. The largest absolute Gasteiger partial charge is 0.448 e. The Balaban J connectivity index is 1.26. The van der Waals surface area contributed by atoms with Gasteiger partial charge in [0.05, 0.1) is 10.2 Å². The first kappa shape index (κ1) is 35.2. The standard InChI is InChI=1S/C35H35ClN6O6S2/c1-34(2,3)48-33(46)41-35(38,22-14-15-23-24(16-22)50-32(37)39-23)31(45)40-25-28(43)42-26(21(17-36)18-49-29(25)42)30(44)47-27(19-10-6-4-7-11-19)20-12-8-5-9-13-20/h4-16,25,27,29H,17-18,38H2,1-3H3,(H2,37,39)(H,40,45)(H,41,46)/t25?,29-,35?/m0/s1. The highest BCUT2D eigenvalue weighted by Crippen LogP contribution is 2.42. The lowest BCUT2D eigenvalue weighted by molar-refractivity contribution is -0.155. The van der Waals surface area contributed by atoms with Crippen LogP contribution in [0.15, 0.2) is 90.1 Å². The molecule has 3 atom stereocenters. The van der Waals surface area contributed by atoms with Gasteiger partial charge in [0.25, 0.3) is 11.8 Å². The van der Waals surface area contributed by atoms with Gasteiger partial charge in [-0.1, -0.05) is 78.1 Å². The van der Waals surface area contributed by atoms with E-state index >= 15 is 0 Å². The number of hydrogen-bond acceptors (Lipinski definition) is 11. The van der Waals surface area contributed by atoms with Gasteiger partial charge in [0.2, 0.25) is 0 Å². The van der Waals surface area contributed by atoms with E-state index in [1.54, 1.807) is 39.0 Å². The van der Waals surface area contributed by atoms with Crippen LogP contribution in [0.5, 0.6) is 0 Å². The lowest BCUT2D eigenvalue weighted by Gasteiger charge is -2.50. The van der Waals surface area contributed by atoms with Crippen LogP contribution >= 0.6 is 34.7 Å². The molecule has 1 aromatic heterocycles. The van der Waals surface area contributed by atoms with E-state index in [2.05, 4.69) is 15.6 Å². The van der Waals surface area contributed by atoms with Gasteiger partial charge in [-0.05, 0) is 49.6 Å². The smallest absolute Gasteiger partial charge is 0.409 e. The minimum absolute atomic E-state index is 0.0113. The Morgan fingerprint density at radius 3 is 2.28 bits per heavy atom. The molecule has 4 aromatic rings. The first-order valence-electron chi connectivity index (χ1n) is 15.6. The number of rotatable bonds is 9. The summed E-state index contributed by atoms with van der Waals surface area (Å²) in [6.45, 7) is 5.02. The summed E-state index contributed by atoms with van der Waals surface area (Å²) in [6.07, 6.45) is -1.70. The number of thiazole rings is 1. The molecule has 0 bridgehead atoms. The number of nitrogens with zero attached hydrogens (tertiary/aromatic N) is 2. The number of nitrogens with two attached hydrogens (primary N) is 2. The van der Waals surface area contributed by atoms with Crippen molar-refractivity contribution in [2.75, 3.05) is 17.4 Å². The van der Waals surface area contributed by atoms with Crippen molar-refractivity contribution >= 4 is 73.9 Å². The van der Waals surface area contributed by atoms with Gasteiger partial charge in [0.15, 0.2) is 16.9 Å². The fourth-order valence-electron chi connectivity index (χ4n) is 5.69. The van der Waals surface area contributed by atoms with Crippen LogP contribution in [0.4, 0.5) is 9.93 Å². The molecule has 12 nitrogen and oxygen atoms in total. The molecule has 0 spiro atoms. The number of fused-ring (bicyclic) bond motifs is 2. The molecule has 1 fully saturated rings. The van der Waals surface area contributed by atoms with Crippen LogP contribution < -0.4 is 22.1 Å². The molecule has 2 aliphatic rings. The maximum Gasteiger partial charge on any atom is 0.409 e. The molecule has 0 aliphatic carbocycles. The number of halogens is 1. The predicted molar refractivity (Wildman–Crippen MR) is 193 cm³/mol. The van der Waals surface area contributed by atoms with Crippen molar-refractivity contribution in [2.24, 2.45) is 5.73 Å². The third kappa shape index (κ3) is 7.01. The molecule has 2 aliphatic heterocycles. The van der Waals surface area contributed by atoms with Gasteiger partial charge in [-0.3, -0.25) is 25.5 Å². The van der Waals surface area contributed by atoms with Gasteiger partial charge in [0, 0.05) is 17.2 Å². The SMILES string of the molecule is CC(C)(C)OC(=O)NC(N)(C(=O)NC1C(=O)N2C(C(=O)OC(c3ccccc3)c3ccccc3)=C(CCl)CS[C@@H]12)c1ccc2nc(N)sc2c1. The van der Waals surface area contributed by atoms with Crippen LogP contribution in [0, 0.1) is 0 Å².